The monoisotopic (exact) mass is 279 g/mol. The molecule has 0 saturated carbocycles. The van der Waals surface area contributed by atoms with E-state index < -0.39 is 11.6 Å². The summed E-state index contributed by atoms with van der Waals surface area (Å²) >= 11 is 0. The average Bonchev–Trinajstić information content (AvgIpc) is 2.88. The van der Waals surface area contributed by atoms with E-state index in [9.17, 15) is 8.78 Å². The Balaban J connectivity index is 2.10. The second kappa shape index (κ2) is 6.61. The number of hydrogen-bond donors (Lipinski definition) is 1. The Labute approximate surface area is 117 Å². The van der Waals surface area contributed by atoms with Crippen LogP contribution in [0.2, 0.25) is 0 Å². The van der Waals surface area contributed by atoms with Crippen LogP contribution in [0.3, 0.4) is 0 Å². The average molecular weight is 279 g/mol. The first kappa shape index (κ1) is 14.7. The summed E-state index contributed by atoms with van der Waals surface area (Å²) in [5.41, 5.74) is 1.80. The predicted molar refractivity (Wildman–Crippen MR) is 74.4 cm³/mol. The lowest BCUT2D eigenvalue weighted by Crippen LogP contribution is -2.19. The summed E-state index contributed by atoms with van der Waals surface area (Å²) in [5, 5.41) is 7.65. The van der Waals surface area contributed by atoms with Gasteiger partial charge in [0.25, 0.3) is 0 Å². The van der Waals surface area contributed by atoms with E-state index in [0.29, 0.717) is 12.1 Å². The Morgan fingerprint density at radius 1 is 1.25 bits per heavy atom. The highest BCUT2D eigenvalue weighted by Crippen LogP contribution is 2.16. The highest BCUT2D eigenvalue weighted by atomic mass is 19.2. The first-order valence-electron chi connectivity index (χ1n) is 6.83. The lowest BCUT2D eigenvalue weighted by molar-refractivity contribution is 0.505. The minimum Gasteiger partial charge on any atom is -0.310 e. The number of benzene rings is 1. The molecule has 2 rings (SSSR count). The third-order valence-corrected chi connectivity index (χ3v) is 3.24. The molecule has 1 aromatic heterocycles. The molecule has 5 heteroatoms. The zero-order chi connectivity index (χ0) is 14.5. The van der Waals surface area contributed by atoms with Crippen LogP contribution in [0.1, 0.15) is 37.4 Å². The van der Waals surface area contributed by atoms with Crippen LogP contribution < -0.4 is 5.32 Å². The first-order chi connectivity index (χ1) is 9.63. The van der Waals surface area contributed by atoms with Crippen LogP contribution in [-0.2, 0) is 6.54 Å². The topological polar surface area (TPSA) is 29.9 Å². The Morgan fingerprint density at radius 2 is 2.05 bits per heavy atom. The maximum Gasteiger partial charge on any atom is 0.159 e. The van der Waals surface area contributed by atoms with Gasteiger partial charge in [-0.25, -0.2) is 8.78 Å². The SMILES string of the molecule is CCNC(CC)c1cnn(Cc2ccc(F)c(F)c2)c1. The van der Waals surface area contributed by atoms with E-state index in [4.69, 9.17) is 0 Å². The quantitative estimate of drug-likeness (QED) is 0.879. The van der Waals surface area contributed by atoms with Gasteiger partial charge in [0.1, 0.15) is 0 Å². The maximum atomic E-state index is 13.2. The number of nitrogens with zero attached hydrogens (tertiary/aromatic N) is 2. The standard InChI is InChI=1S/C15H19F2N3/c1-3-15(18-4-2)12-8-19-20(10-12)9-11-5-6-13(16)14(17)7-11/h5-8,10,15,18H,3-4,9H2,1-2H3. The lowest BCUT2D eigenvalue weighted by atomic mass is 10.1. The van der Waals surface area contributed by atoms with Gasteiger partial charge in [-0.2, -0.15) is 5.10 Å². The minimum atomic E-state index is -0.826. The summed E-state index contributed by atoms with van der Waals surface area (Å²) in [6, 6.07) is 4.20. The van der Waals surface area contributed by atoms with Gasteiger partial charge in [0, 0.05) is 17.8 Å². The third kappa shape index (κ3) is 3.42. The smallest absolute Gasteiger partial charge is 0.159 e. The van der Waals surface area contributed by atoms with Crippen LogP contribution in [0.25, 0.3) is 0 Å². The molecule has 0 aliphatic carbocycles. The molecule has 0 fully saturated rings. The van der Waals surface area contributed by atoms with Gasteiger partial charge in [-0.3, -0.25) is 4.68 Å². The molecule has 0 amide bonds. The molecular formula is C15H19F2N3. The molecule has 1 aromatic carbocycles. The van der Waals surface area contributed by atoms with Gasteiger partial charge in [0.15, 0.2) is 11.6 Å². The molecule has 0 saturated heterocycles. The van der Waals surface area contributed by atoms with Crippen molar-refractivity contribution < 1.29 is 8.78 Å². The van der Waals surface area contributed by atoms with Crippen molar-refractivity contribution in [1.29, 1.82) is 0 Å². The molecule has 0 aliphatic rings. The fraction of sp³-hybridized carbons (Fsp3) is 0.400. The molecule has 1 unspecified atom stereocenters. The molecule has 0 radical (unpaired) electrons. The summed E-state index contributed by atoms with van der Waals surface area (Å²) in [7, 11) is 0. The van der Waals surface area contributed by atoms with E-state index in [-0.39, 0.29) is 6.04 Å². The molecule has 108 valence electrons. The van der Waals surface area contributed by atoms with Gasteiger partial charge in [-0.15, -0.1) is 0 Å². The van der Waals surface area contributed by atoms with Crippen LogP contribution in [0.15, 0.2) is 30.6 Å². The van der Waals surface area contributed by atoms with E-state index in [0.717, 1.165) is 24.6 Å². The molecule has 0 bridgehead atoms. The van der Waals surface area contributed by atoms with Crippen molar-refractivity contribution in [2.24, 2.45) is 0 Å². The molecule has 1 N–H and O–H groups in total. The lowest BCUT2D eigenvalue weighted by Gasteiger charge is -2.13. The van der Waals surface area contributed by atoms with Crippen molar-refractivity contribution >= 4 is 0 Å². The zero-order valence-electron chi connectivity index (χ0n) is 11.7. The highest BCUT2D eigenvalue weighted by molar-refractivity contribution is 5.19. The van der Waals surface area contributed by atoms with Crippen LogP contribution in [0.5, 0.6) is 0 Å². The Kier molecular flexibility index (Phi) is 4.84. The molecule has 0 spiro atoms. The summed E-state index contributed by atoms with van der Waals surface area (Å²) in [5.74, 6) is -1.65. The van der Waals surface area contributed by atoms with Crippen LogP contribution >= 0.6 is 0 Å². The number of aromatic nitrogens is 2. The molecule has 0 aliphatic heterocycles. The largest absolute Gasteiger partial charge is 0.310 e. The van der Waals surface area contributed by atoms with Crippen molar-refractivity contribution in [3.05, 3.63) is 53.4 Å². The van der Waals surface area contributed by atoms with Crippen LogP contribution in [0.4, 0.5) is 8.78 Å². The zero-order valence-corrected chi connectivity index (χ0v) is 11.7. The fourth-order valence-electron chi connectivity index (χ4n) is 2.22. The fourth-order valence-corrected chi connectivity index (χ4v) is 2.22. The summed E-state index contributed by atoms with van der Waals surface area (Å²) in [6.07, 6.45) is 4.74. The van der Waals surface area contributed by atoms with E-state index in [1.165, 1.54) is 6.07 Å². The Morgan fingerprint density at radius 3 is 2.70 bits per heavy atom. The molecule has 20 heavy (non-hydrogen) atoms. The number of hydrogen-bond acceptors (Lipinski definition) is 2. The van der Waals surface area contributed by atoms with Gasteiger partial charge in [-0.1, -0.05) is 19.9 Å². The maximum absolute atomic E-state index is 13.2. The van der Waals surface area contributed by atoms with Crippen molar-refractivity contribution in [2.75, 3.05) is 6.54 Å². The second-order valence-electron chi connectivity index (χ2n) is 4.74. The van der Waals surface area contributed by atoms with E-state index in [2.05, 4.69) is 24.3 Å². The normalized spacial score (nSPS) is 12.6. The van der Waals surface area contributed by atoms with Crippen molar-refractivity contribution in [3.63, 3.8) is 0 Å². The van der Waals surface area contributed by atoms with Crippen molar-refractivity contribution in [3.8, 4) is 0 Å². The van der Waals surface area contributed by atoms with E-state index in [1.54, 1.807) is 10.7 Å². The van der Waals surface area contributed by atoms with Crippen LogP contribution in [-0.4, -0.2) is 16.3 Å². The van der Waals surface area contributed by atoms with Gasteiger partial charge in [0.05, 0.1) is 12.7 Å². The molecule has 3 nitrogen and oxygen atoms in total. The number of halogens is 2. The van der Waals surface area contributed by atoms with Gasteiger partial charge >= 0.3 is 0 Å². The summed E-state index contributed by atoms with van der Waals surface area (Å²) < 4.78 is 27.8. The third-order valence-electron chi connectivity index (χ3n) is 3.24. The highest BCUT2D eigenvalue weighted by Gasteiger charge is 2.10. The summed E-state index contributed by atoms with van der Waals surface area (Å²) in [4.78, 5) is 0. The van der Waals surface area contributed by atoms with Gasteiger partial charge in [-0.05, 0) is 30.7 Å². The van der Waals surface area contributed by atoms with Crippen LogP contribution in [0, 0.1) is 11.6 Å². The second-order valence-corrected chi connectivity index (χ2v) is 4.74. The van der Waals surface area contributed by atoms with Gasteiger partial charge in [0.2, 0.25) is 0 Å². The minimum absolute atomic E-state index is 0.277. The Hall–Kier alpha value is -1.75. The first-order valence-corrected chi connectivity index (χ1v) is 6.83. The molecule has 1 heterocycles. The van der Waals surface area contributed by atoms with Crippen molar-refractivity contribution in [1.82, 2.24) is 15.1 Å². The number of rotatable bonds is 6. The number of nitrogens with one attached hydrogen (secondary N) is 1. The summed E-state index contributed by atoms with van der Waals surface area (Å²) in [6.45, 7) is 5.50. The Bertz CT molecular complexity index is 566. The molecular weight excluding hydrogens is 260 g/mol. The molecule has 1 atom stereocenters. The van der Waals surface area contributed by atoms with Crippen molar-refractivity contribution in [2.45, 2.75) is 32.9 Å². The van der Waals surface area contributed by atoms with E-state index in [1.807, 2.05) is 12.4 Å². The van der Waals surface area contributed by atoms with Gasteiger partial charge < -0.3 is 5.32 Å². The van der Waals surface area contributed by atoms with E-state index >= 15 is 0 Å². The molecule has 2 aromatic rings. The predicted octanol–water partition coefficient (Wildman–Crippen LogP) is 3.27.